The summed E-state index contributed by atoms with van der Waals surface area (Å²) in [5.41, 5.74) is 17.8. The molecule has 0 fully saturated rings. The average molecular weight is 764 g/mol. The third kappa shape index (κ3) is 5.86. The van der Waals surface area contributed by atoms with Crippen molar-refractivity contribution >= 4 is 27.8 Å². The summed E-state index contributed by atoms with van der Waals surface area (Å²) < 4.78 is 0. The van der Waals surface area contributed by atoms with E-state index in [4.69, 9.17) is 0 Å². The van der Waals surface area contributed by atoms with Gasteiger partial charge < -0.3 is 4.90 Å². The van der Waals surface area contributed by atoms with E-state index < -0.39 is 5.41 Å². The molecule has 0 aromatic heterocycles. The number of hydrogen-bond donors (Lipinski definition) is 0. The van der Waals surface area contributed by atoms with Gasteiger partial charge in [0, 0.05) is 16.9 Å². The highest BCUT2D eigenvalue weighted by molar-refractivity contribution is 6.05. The lowest BCUT2D eigenvalue weighted by Gasteiger charge is -2.34. The number of para-hydroxylation sites is 1. The number of nitrogens with zero attached hydrogens (tertiary/aromatic N) is 1. The van der Waals surface area contributed by atoms with Crippen LogP contribution in [0.2, 0.25) is 0 Å². The number of rotatable bonds is 8. The van der Waals surface area contributed by atoms with Crippen molar-refractivity contribution in [2.45, 2.75) is 5.41 Å². The molecular formula is C59H41N. The molecule has 0 saturated carbocycles. The van der Waals surface area contributed by atoms with Crippen LogP contribution in [-0.2, 0) is 5.41 Å². The van der Waals surface area contributed by atoms with Gasteiger partial charge in [-0.05, 0) is 114 Å². The van der Waals surface area contributed by atoms with Gasteiger partial charge >= 0.3 is 0 Å². The van der Waals surface area contributed by atoms with Crippen LogP contribution in [-0.4, -0.2) is 0 Å². The van der Waals surface area contributed by atoms with Crippen molar-refractivity contribution in [3.05, 3.63) is 271 Å². The van der Waals surface area contributed by atoms with Crippen LogP contribution in [0.5, 0.6) is 0 Å². The molecule has 11 rings (SSSR count). The van der Waals surface area contributed by atoms with E-state index in [1.165, 1.54) is 77.5 Å². The summed E-state index contributed by atoms with van der Waals surface area (Å²) in [6.07, 6.45) is 0. The summed E-state index contributed by atoms with van der Waals surface area (Å²) in [4.78, 5) is 2.41. The fraction of sp³-hybridized carbons (Fsp3) is 0.0169. The lowest BCUT2D eigenvalue weighted by Crippen LogP contribution is -2.28. The van der Waals surface area contributed by atoms with Crippen LogP contribution in [0.4, 0.5) is 17.1 Å². The maximum absolute atomic E-state index is 2.47. The topological polar surface area (TPSA) is 3.24 Å². The van der Waals surface area contributed by atoms with E-state index in [-0.39, 0.29) is 0 Å². The van der Waals surface area contributed by atoms with E-state index in [1.807, 2.05) is 0 Å². The second kappa shape index (κ2) is 14.9. The SMILES string of the molecule is c1ccc(-c2ccc(N(c3ccc(-c4ccccc4)cc3)c3ccccc3-c3cccc4cc5c(cc34)-c3ccccc3C5(c3ccccc3)c3ccccc3)cc2)cc1. The van der Waals surface area contributed by atoms with Gasteiger partial charge in [-0.1, -0.05) is 206 Å². The molecule has 0 N–H and O–H groups in total. The molecule has 0 aliphatic heterocycles. The van der Waals surface area contributed by atoms with Gasteiger partial charge in [-0.25, -0.2) is 0 Å². The molecule has 0 heterocycles. The van der Waals surface area contributed by atoms with Crippen molar-refractivity contribution < 1.29 is 0 Å². The van der Waals surface area contributed by atoms with E-state index >= 15 is 0 Å². The molecule has 1 nitrogen and oxygen atoms in total. The Morgan fingerprint density at radius 3 is 1.30 bits per heavy atom. The molecule has 60 heavy (non-hydrogen) atoms. The van der Waals surface area contributed by atoms with Crippen molar-refractivity contribution in [2.75, 3.05) is 4.90 Å². The van der Waals surface area contributed by atoms with Crippen LogP contribution in [0.25, 0.3) is 55.3 Å². The minimum absolute atomic E-state index is 0.453. The van der Waals surface area contributed by atoms with Crippen LogP contribution < -0.4 is 4.90 Å². The van der Waals surface area contributed by atoms with Gasteiger partial charge in [0.2, 0.25) is 0 Å². The molecule has 0 unspecified atom stereocenters. The quantitative estimate of drug-likeness (QED) is 0.149. The number of fused-ring (bicyclic) bond motifs is 4. The van der Waals surface area contributed by atoms with Crippen LogP contribution in [0, 0.1) is 0 Å². The van der Waals surface area contributed by atoms with Gasteiger partial charge in [-0.2, -0.15) is 0 Å². The summed E-state index contributed by atoms with van der Waals surface area (Å²) in [6, 6.07) is 91.0. The molecule has 1 aliphatic rings. The molecule has 0 bridgehead atoms. The maximum Gasteiger partial charge on any atom is 0.0713 e. The van der Waals surface area contributed by atoms with Gasteiger partial charge in [-0.15, -0.1) is 0 Å². The Kier molecular flexibility index (Phi) is 8.79. The van der Waals surface area contributed by atoms with Crippen molar-refractivity contribution in [1.82, 2.24) is 0 Å². The van der Waals surface area contributed by atoms with Crippen molar-refractivity contribution in [1.29, 1.82) is 0 Å². The Morgan fingerprint density at radius 1 is 0.283 bits per heavy atom. The van der Waals surface area contributed by atoms with Crippen molar-refractivity contribution in [2.24, 2.45) is 0 Å². The lowest BCUT2D eigenvalue weighted by molar-refractivity contribution is 0.769. The maximum atomic E-state index is 2.47. The Morgan fingerprint density at radius 2 is 0.733 bits per heavy atom. The van der Waals surface area contributed by atoms with Gasteiger partial charge in [0.1, 0.15) is 0 Å². The summed E-state index contributed by atoms with van der Waals surface area (Å²) >= 11 is 0. The predicted molar refractivity (Wildman–Crippen MR) is 252 cm³/mol. The largest absolute Gasteiger partial charge is 0.310 e. The first-order valence-corrected chi connectivity index (χ1v) is 20.8. The zero-order valence-electron chi connectivity index (χ0n) is 33.1. The van der Waals surface area contributed by atoms with E-state index in [0.29, 0.717) is 0 Å². The van der Waals surface area contributed by atoms with E-state index in [9.17, 15) is 0 Å². The van der Waals surface area contributed by atoms with E-state index in [2.05, 4.69) is 254 Å². The van der Waals surface area contributed by atoms with Gasteiger partial charge in [0.15, 0.2) is 0 Å². The highest BCUT2D eigenvalue weighted by Gasteiger charge is 2.46. The smallest absolute Gasteiger partial charge is 0.0713 e. The van der Waals surface area contributed by atoms with Crippen molar-refractivity contribution in [3.8, 4) is 44.5 Å². The molecular weight excluding hydrogens is 723 g/mol. The molecule has 0 amide bonds. The van der Waals surface area contributed by atoms with Crippen LogP contribution >= 0.6 is 0 Å². The Hall–Kier alpha value is -7.74. The summed E-state index contributed by atoms with van der Waals surface area (Å²) in [6.45, 7) is 0. The molecule has 1 aliphatic carbocycles. The zero-order valence-corrected chi connectivity index (χ0v) is 33.1. The van der Waals surface area contributed by atoms with Crippen LogP contribution in [0.1, 0.15) is 22.3 Å². The summed E-state index contributed by atoms with van der Waals surface area (Å²) in [5.74, 6) is 0. The van der Waals surface area contributed by atoms with Crippen LogP contribution in [0.3, 0.4) is 0 Å². The van der Waals surface area contributed by atoms with E-state index in [1.54, 1.807) is 0 Å². The highest BCUT2D eigenvalue weighted by atomic mass is 15.1. The standard InChI is InChI=1S/C59H41N/c1-5-18-42(19-6-1)44-32-36-49(37-33-44)60(50-38-34-45(35-39-50)43-20-7-2-8-21-43)58-31-16-14-28-53(58)51-29-17-22-46-40-57-55(41-54(46)51)52-27-13-15-30-56(52)59(57,47-23-9-3-10-24-47)48-25-11-4-12-26-48/h1-41H. The zero-order chi connectivity index (χ0) is 39.9. The molecule has 282 valence electrons. The van der Waals surface area contributed by atoms with Crippen LogP contribution in [0.15, 0.2) is 249 Å². The first-order chi connectivity index (χ1) is 29.8. The normalized spacial score (nSPS) is 12.5. The molecule has 0 saturated heterocycles. The third-order valence-corrected chi connectivity index (χ3v) is 12.4. The fourth-order valence-electron chi connectivity index (χ4n) is 9.64. The second-order valence-electron chi connectivity index (χ2n) is 15.6. The van der Waals surface area contributed by atoms with Crippen molar-refractivity contribution in [3.63, 3.8) is 0 Å². The molecule has 0 atom stereocenters. The molecule has 10 aromatic rings. The molecule has 0 radical (unpaired) electrons. The Bertz CT molecular complexity index is 2980. The molecule has 10 aromatic carbocycles. The van der Waals surface area contributed by atoms with Gasteiger partial charge in [0.05, 0.1) is 11.1 Å². The fourth-order valence-corrected chi connectivity index (χ4v) is 9.64. The minimum Gasteiger partial charge on any atom is -0.310 e. The first-order valence-electron chi connectivity index (χ1n) is 20.8. The predicted octanol–water partition coefficient (Wildman–Crippen LogP) is 15.7. The monoisotopic (exact) mass is 763 g/mol. The third-order valence-electron chi connectivity index (χ3n) is 12.4. The second-order valence-corrected chi connectivity index (χ2v) is 15.6. The summed E-state index contributed by atoms with van der Waals surface area (Å²) in [7, 11) is 0. The Balaban J connectivity index is 1.11. The number of hydrogen-bond acceptors (Lipinski definition) is 1. The highest BCUT2D eigenvalue weighted by Crippen LogP contribution is 2.57. The Labute approximate surface area is 352 Å². The van der Waals surface area contributed by atoms with Gasteiger partial charge in [0.25, 0.3) is 0 Å². The number of benzene rings is 10. The minimum atomic E-state index is -0.453. The molecule has 0 spiro atoms. The first kappa shape index (κ1) is 35.4. The average Bonchev–Trinajstić information content (AvgIpc) is 3.62. The van der Waals surface area contributed by atoms with Gasteiger partial charge in [-0.3, -0.25) is 0 Å². The lowest BCUT2D eigenvalue weighted by atomic mass is 9.67. The van der Waals surface area contributed by atoms with E-state index in [0.717, 1.165) is 17.1 Å². The summed E-state index contributed by atoms with van der Waals surface area (Å²) in [5, 5.41) is 2.45. The number of anilines is 3. The molecule has 1 heteroatoms.